The van der Waals surface area contributed by atoms with Crippen LogP contribution >= 0.6 is 11.3 Å². The minimum Gasteiger partial charge on any atom is -0.330 e. The van der Waals surface area contributed by atoms with Gasteiger partial charge in [0.25, 0.3) is 0 Å². The van der Waals surface area contributed by atoms with Gasteiger partial charge in [-0.3, -0.25) is 0 Å². The largest absolute Gasteiger partial charge is 0.433 e. The molecule has 0 aliphatic heterocycles. The van der Waals surface area contributed by atoms with Crippen LogP contribution in [-0.4, -0.2) is 9.97 Å². The van der Waals surface area contributed by atoms with Crippen LogP contribution in [0, 0.1) is 5.82 Å². The first kappa shape index (κ1) is 13.7. The van der Waals surface area contributed by atoms with Gasteiger partial charge in [-0.25, -0.2) is 14.4 Å². The van der Waals surface area contributed by atoms with E-state index >= 15 is 0 Å². The summed E-state index contributed by atoms with van der Waals surface area (Å²) >= 11 is 1.27. The first-order chi connectivity index (χ1) is 9.91. The average Bonchev–Trinajstić information content (AvgIpc) is 2.79. The lowest BCUT2D eigenvalue weighted by Crippen LogP contribution is -2.07. The molecule has 0 unspecified atom stereocenters. The summed E-state index contributed by atoms with van der Waals surface area (Å²) in [6, 6.07) is 6.36. The number of benzene rings is 1. The SMILES string of the molecule is Fc1ccc2sc(Nc3ccc(C(F)(F)F)nc3)nc2c1. The van der Waals surface area contributed by atoms with Crippen molar-refractivity contribution in [2.24, 2.45) is 0 Å². The van der Waals surface area contributed by atoms with Gasteiger partial charge in [-0.2, -0.15) is 13.2 Å². The lowest BCUT2D eigenvalue weighted by molar-refractivity contribution is -0.141. The third-order valence-corrected chi connectivity index (χ3v) is 3.61. The van der Waals surface area contributed by atoms with Crippen molar-refractivity contribution in [3.05, 3.63) is 48.0 Å². The Hall–Kier alpha value is -2.22. The van der Waals surface area contributed by atoms with Crippen LogP contribution in [0.1, 0.15) is 5.69 Å². The minimum atomic E-state index is -4.47. The summed E-state index contributed by atoms with van der Waals surface area (Å²) in [5.41, 5.74) is -0.0932. The molecule has 2 aromatic heterocycles. The molecule has 2 heterocycles. The molecule has 3 nitrogen and oxygen atoms in total. The molecule has 0 aliphatic rings. The highest BCUT2D eigenvalue weighted by Crippen LogP contribution is 2.30. The summed E-state index contributed by atoms with van der Waals surface area (Å²) in [5.74, 6) is -0.393. The van der Waals surface area contributed by atoms with Gasteiger partial charge in [0.1, 0.15) is 11.5 Å². The quantitative estimate of drug-likeness (QED) is 0.703. The molecule has 0 radical (unpaired) electrons. The molecule has 0 saturated carbocycles. The molecule has 0 spiro atoms. The van der Waals surface area contributed by atoms with E-state index in [2.05, 4.69) is 15.3 Å². The van der Waals surface area contributed by atoms with Crippen molar-refractivity contribution < 1.29 is 17.6 Å². The lowest BCUT2D eigenvalue weighted by atomic mass is 10.3. The predicted octanol–water partition coefficient (Wildman–Crippen LogP) is 4.59. The normalized spacial score (nSPS) is 11.8. The molecule has 21 heavy (non-hydrogen) atoms. The zero-order valence-corrected chi connectivity index (χ0v) is 11.1. The minimum absolute atomic E-state index is 0.377. The van der Waals surface area contributed by atoms with Crippen molar-refractivity contribution in [3.63, 3.8) is 0 Å². The lowest BCUT2D eigenvalue weighted by Gasteiger charge is -2.06. The molecule has 3 rings (SSSR count). The van der Waals surface area contributed by atoms with Crippen LogP contribution in [-0.2, 0) is 6.18 Å². The van der Waals surface area contributed by atoms with E-state index in [-0.39, 0.29) is 0 Å². The first-order valence-corrected chi connectivity index (χ1v) is 6.60. The predicted molar refractivity (Wildman–Crippen MR) is 72.1 cm³/mol. The van der Waals surface area contributed by atoms with Gasteiger partial charge in [0.05, 0.1) is 22.1 Å². The summed E-state index contributed by atoms with van der Waals surface area (Å²) in [5, 5.41) is 3.30. The average molecular weight is 313 g/mol. The van der Waals surface area contributed by atoms with Gasteiger partial charge in [-0.05, 0) is 24.3 Å². The molecule has 0 aliphatic carbocycles. The number of halogens is 4. The van der Waals surface area contributed by atoms with E-state index in [0.29, 0.717) is 16.3 Å². The fraction of sp³-hybridized carbons (Fsp3) is 0.0769. The van der Waals surface area contributed by atoms with Gasteiger partial charge in [-0.15, -0.1) is 0 Å². The molecular weight excluding hydrogens is 306 g/mol. The van der Waals surface area contributed by atoms with Crippen LogP contribution in [0.15, 0.2) is 36.5 Å². The van der Waals surface area contributed by atoms with E-state index in [1.807, 2.05) is 0 Å². The second-order valence-electron chi connectivity index (χ2n) is 4.19. The third-order valence-electron chi connectivity index (χ3n) is 2.65. The van der Waals surface area contributed by atoms with Gasteiger partial charge in [0, 0.05) is 6.07 Å². The van der Waals surface area contributed by atoms with Crippen LogP contribution in [0.3, 0.4) is 0 Å². The standard InChI is InChI=1S/C13H7F4N3S/c14-7-1-3-10-9(5-7)20-12(21-10)19-8-2-4-11(18-6-8)13(15,16)17/h1-6H,(H,19,20). The van der Waals surface area contributed by atoms with Gasteiger partial charge in [0.15, 0.2) is 5.13 Å². The molecular formula is C13H7F4N3S. The number of fused-ring (bicyclic) bond motifs is 1. The molecule has 0 atom stereocenters. The van der Waals surface area contributed by atoms with Gasteiger partial charge >= 0.3 is 6.18 Å². The number of rotatable bonds is 2. The molecule has 108 valence electrons. The Labute approximate surface area is 120 Å². The number of nitrogens with one attached hydrogen (secondary N) is 1. The molecule has 3 aromatic rings. The van der Waals surface area contributed by atoms with Crippen molar-refractivity contribution in [1.82, 2.24) is 9.97 Å². The molecule has 0 fully saturated rings. The highest BCUT2D eigenvalue weighted by atomic mass is 32.1. The second-order valence-corrected chi connectivity index (χ2v) is 5.22. The number of hydrogen-bond acceptors (Lipinski definition) is 4. The molecule has 8 heteroatoms. The second kappa shape index (κ2) is 4.96. The Bertz CT molecular complexity index is 780. The summed E-state index contributed by atoms with van der Waals surface area (Å²) < 4.78 is 51.0. The number of hydrogen-bond donors (Lipinski definition) is 1. The molecule has 0 saturated heterocycles. The van der Waals surface area contributed by atoms with Gasteiger partial charge in [-0.1, -0.05) is 11.3 Å². The number of nitrogens with zero attached hydrogens (tertiary/aromatic N) is 2. The topological polar surface area (TPSA) is 37.8 Å². The monoisotopic (exact) mass is 313 g/mol. The number of thiazole rings is 1. The fourth-order valence-corrected chi connectivity index (χ4v) is 2.58. The maximum atomic E-state index is 13.1. The zero-order valence-electron chi connectivity index (χ0n) is 10.3. The Balaban J connectivity index is 1.84. The first-order valence-electron chi connectivity index (χ1n) is 5.78. The van der Waals surface area contributed by atoms with Crippen LogP contribution in [0.4, 0.5) is 28.4 Å². The Morgan fingerprint density at radius 1 is 1.10 bits per heavy atom. The third kappa shape index (κ3) is 2.94. The summed E-state index contributed by atoms with van der Waals surface area (Å²) in [6.45, 7) is 0. The number of anilines is 2. The van der Waals surface area contributed by atoms with Gasteiger partial charge in [0.2, 0.25) is 0 Å². The van der Waals surface area contributed by atoms with E-state index in [1.54, 1.807) is 6.07 Å². The van der Waals surface area contributed by atoms with Crippen molar-refractivity contribution in [2.75, 3.05) is 5.32 Å². The van der Waals surface area contributed by atoms with E-state index in [1.165, 1.54) is 29.5 Å². The Kier molecular flexibility index (Phi) is 3.25. The van der Waals surface area contributed by atoms with Gasteiger partial charge < -0.3 is 5.32 Å². The highest BCUT2D eigenvalue weighted by Gasteiger charge is 2.32. The van der Waals surface area contributed by atoms with Crippen molar-refractivity contribution in [3.8, 4) is 0 Å². The van der Waals surface area contributed by atoms with Crippen LogP contribution < -0.4 is 5.32 Å². The summed E-state index contributed by atoms with van der Waals surface area (Å²) in [6.07, 6.45) is -3.39. The van der Waals surface area contributed by atoms with Crippen molar-refractivity contribution in [1.29, 1.82) is 0 Å². The Morgan fingerprint density at radius 2 is 1.90 bits per heavy atom. The van der Waals surface area contributed by atoms with E-state index in [0.717, 1.165) is 17.0 Å². The number of aromatic nitrogens is 2. The zero-order chi connectivity index (χ0) is 15.0. The van der Waals surface area contributed by atoms with Crippen LogP contribution in [0.2, 0.25) is 0 Å². The van der Waals surface area contributed by atoms with Crippen molar-refractivity contribution in [2.45, 2.75) is 6.18 Å². The highest BCUT2D eigenvalue weighted by molar-refractivity contribution is 7.22. The van der Waals surface area contributed by atoms with E-state index < -0.39 is 17.7 Å². The smallest absolute Gasteiger partial charge is 0.330 e. The molecule has 1 aromatic carbocycles. The fourth-order valence-electron chi connectivity index (χ4n) is 1.71. The van der Waals surface area contributed by atoms with Crippen LogP contribution in [0.5, 0.6) is 0 Å². The maximum Gasteiger partial charge on any atom is 0.433 e. The number of pyridine rings is 1. The summed E-state index contributed by atoms with van der Waals surface area (Å²) in [7, 11) is 0. The van der Waals surface area contributed by atoms with E-state index in [4.69, 9.17) is 0 Å². The molecule has 0 bridgehead atoms. The molecule has 0 amide bonds. The van der Waals surface area contributed by atoms with Crippen molar-refractivity contribution >= 4 is 32.4 Å². The van der Waals surface area contributed by atoms with Crippen LogP contribution in [0.25, 0.3) is 10.2 Å². The number of alkyl halides is 3. The van der Waals surface area contributed by atoms with E-state index in [9.17, 15) is 17.6 Å². The summed E-state index contributed by atoms with van der Waals surface area (Å²) in [4.78, 5) is 7.50. The Morgan fingerprint density at radius 3 is 2.57 bits per heavy atom. The molecule has 1 N–H and O–H groups in total. The maximum absolute atomic E-state index is 13.1.